The Morgan fingerprint density at radius 2 is 1.52 bits per heavy atom. The van der Waals surface area contributed by atoms with Gasteiger partial charge in [0.1, 0.15) is 5.75 Å². The number of hydrogen-bond acceptors (Lipinski definition) is 2. The lowest BCUT2D eigenvalue weighted by Crippen LogP contribution is -2.02. The van der Waals surface area contributed by atoms with Crippen molar-refractivity contribution in [3.63, 3.8) is 0 Å². The van der Waals surface area contributed by atoms with E-state index >= 15 is 0 Å². The zero-order chi connectivity index (χ0) is 15.6. The molecule has 1 N–H and O–H groups in total. The van der Waals surface area contributed by atoms with Crippen LogP contribution in [-0.2, 0) is 6.54 Å². The molecule has 0 heterocycles. The number of methoxy groups -OCH3 is 1. The van der Waals surface area contributed by atoms with Crippen LogP contribution in [0.2, 0.25) is 0 Å². The molecule has 2 nitrogen and oxygen atoms in total. The van der Waals surface area contributed by atoms with Crippen molar-refractivity contribution in [2.75, 3.05) is 12.4 Å². The van der Waals surface area contributed by atoms with E-state index in [1.165, 1.54) is 0 Å². The molecule has 0 saturated heterocycles. The van der Waals surface area contributed by atoms with Gasteiger partial charge >= 0.3 is 0 Å². The topological polar surface area (TPSA) is 21.3 Å². The van der Waals surface area contributed by atoms with Crippen LogP contribution in [0.4, 0.5) is 18.9 Å². The average molecular weight is 425 g/mol. The Labute approximate surface area is 136 Å². The first-order valence-electron chi connectivity index (χ1n) is 5.82. The molecule has 0 aliphatic rings. The highest BCUT2D eigenvalue weighted by Gasteiger charge is 2.11. The molecule has 2 rings (SSSR count). The SMILES string of the molecule is COc1c(Br)cc(CNc2cc(F)c(F)c(F)c2)cc1Br. The normalized spacial score (nSPS) is 10.6. The highest BCUT2D eigenvalue weighted by atomic mass is 79.9. The van der Waals surface area contributed by atoms with E-state index in [1.807, 2.05) is 12.1 Å². The minimum absolute atomic E-state index is 0.162. The van der Waals surface area contributed by atoms with Crippen molar-refractivity contribution in [3.8, 4) is 5.75 Å². The number of ether oxygens (including phenoxy) is 1. The third kappa shape index (κ3) is 3.71. The zero-order valence-corrected chi connectivity index (χ0v) is 14.0. The molecule has 0 spiro atoms. The Morgan fingerprint density at radius 3 is 2.00 bits per heavy atom. The number of anilines is 1. The van der Waals surface area contributed by atoms with Gasteiger partial charge in [0, 0.05) is 24.4 Å². The van der Waals surface area contributed by atoms with Gasteiger partial charge in [-0.1, -0.05) is 0 Å². The molecule has 0 unspecified atom stereocenters. The van der Waals surface area contributed by atoms with Gasteiger partial charge in [0.25, 0.3) is 0 Å². The summed E-state index contributed by atoms with van der Waals surface area (Å²) in [6.07, 6.45) is 0. The fourth-order valence-electron chi connectivity index (χ4n) is 1.77. The number of hydrogen-bond donors (Lipinski definition) is 1. The monoisotopic (exact) mass is 423 g/mol. The molecule has 0 aliphatic carbocycles. The lowest BCUT2D eigenvalue weighted by atomic mass is 10.2. The first kappa shape index (κ1) is 16.2. The summed E-state index contributed by atoms with van der Waals surface area (Å²) in [5, 5.41) is 2.83. The number of rotatable bonds is 4. The van der Waals surface area contributed by atoms with E-state index in [9.17, 15) is 13.2 Å². The molecule has 2 aromatic carbocycles. The van der Waals surface area contributed by atoms with E-state index in [2.05, 4.69) is 37.2 Å². The fourth-order valence-corrected chi connectivity index (χ4v) is 3.38. The van der Waals surface area contributed by atoms with Gasteiger partial charge in [0.15, 0.2) is 17.5 Å². The Kier molecular flexibility index (Phi) is 5.16. The van der Waals surface area contributed by atoms with E-state index in [0.717, 1.165) is 26.6 Å². The maximum absolute atomic E-state index is 13.1. The van der Waals surface area contributed by atoms with Gasteiger partial charge in [-0.15, -0.1) is 0 Å². The Balaban J connectivity index is 2.17. The predicted octanol–water partition coefficient (Wildman–Crippen LogP) is 5.25. The van der Waals surface area contributed by atoms with Crippen LogP contribution < -0.4 is 10.1 Å². The highest BCUT2D eigenvalue weighted by molar-refractivity contribution is 9.11. The van der Waals surface area contributed by atoms with Crippen molar-refractivity contribution in [3.05, 3.63) is 56.2 Å². The summed E-state index contributed by atoms with van der Waals surface area (Å²) >= 11 is 6.73. The van der Waals surface area contributed by atoms with E-state index in [0.29, 0.717) is 12.3 Å². The van der Waals surface area contributed by atoms with Crippen LogP contribution in [0.3, 0.4) is 0 Å². The molecule has 0 saturated carbocycles. The lowest BCUT2D eigenvalue weighted by Gasteiger charge is -2.11. The third-order valence-electron chi connectivity index (χ3n) is 2.74. The molecule has 0 bridgehead atoms. The first-order chi connectivity index (χ1) is 9.92. The van der Waals surface area contributed by atoms with Crippen LogP contribution in [0.1, 0.15) is 5.56 Å². The first-order valence-corrected chi connectivity index (χ1v) is 7.41. The molecule has 2 aromatic rings. The second-order valence-electron chi connectivity index (χ2n) is 4.20. The Bertz CT molecular complexity index is 633. The number of nitrogens with one attached hydrogen (secondary N) is 1. The Hall–Kier alpha value is -1.21. The van der Waals surface area contributed by atoms with Crippen molar-refractivity contribution >= 4 is 37.5 Å². The zero-order valence-electron chi connectivity index (χ0n) is 10.8. The molecule has 112 valence electrons. The van der Waals surface area contributed by atoms with E-state index in [4.69, 9.17) is 4.74 Å². The third-order valence-corrected chi connectivity index (χ3v) is 3.92. The highest BCUT2D eigenvalue weighted by Crippen LogP contribution is 2.34. The molecular formula is C14H10Br2F3NO. The number of halogens is 5. The summed E-state index contributed by atoms with van der Waals surface area (Å²) in [6, 6.07) is 5.44. The minimum atomic E-state index is -1.48. The van der Waals surface area contributed by atoms with Crippen LogP contribution >= 0.6 is 31.9 Å². The van der Waals surface area contributed by atoms with E-state index in [1.54, 1.807) is 7.11 Å². The van der Waals surface area contributed by atoms with Gasteiger partial charge in [0.2, 0.25) is 0 Å². The summed E-state index contributed by atoms with van der Waals surface area (Å²) in [5.41, 5.74) is 1.01. The van der Waals surface area contributed by atoms with Gasteiger partial charge in [-0.3, -0.25) is 0 Å². The van der Waals surface area contributed by atoms with Crippen LogP contribution in [0, 0.1) is 17.5 Å². The molecule has 0 aromatic heterocycles. The van der Waals surface area contributed by atoms with E-state index in [-0.39, 0.29) is 5.69 Å². The molecule has 0 aliphatic heterocycles. The van der Waals surface area contributed by atoms with Gasteiger partial charge in [-0.25, -0.2) is 13.2 Å². The molecule has 0 fully saturated rings. The summed E-state index contributed by atoms with van der Waals surface area (Å²) < 4.78 is 45.7. The predicted molar refractivity (Wildman–Crippen MR) is 82.0 cm³/mol. The Morgan fingerprint density at radius 1 is 1.00 bits per heavy atom. The van der Waals surface area contributed by atoms with Crippen molar-refractivity contribution < 1.29 is 17.9 Å². The van der Waals surface area contributed by atoms with Crippen molar-refractivity contribution in [1.29, 1.82) is 0 Å². The van der Waals surface area contributed by atoms with Crippen molar-refractivity contribution in [2.24, 2.45) is 0 Å². The largest absolute Gasteiger partial charge is 0.494 e. The van der Waals surface area contributed by atoms with Crippen molar-refractivity contribution in [1.82, 2.24) is 0 Å². The molecular weight excluding hydrogens is 415 g/mol. The van der Waals surface area contributed by atoms with E-state index < -0.39 is 17.5 Å². The molecule has 21 heavy (non-hydrogen) atoms. The fraction of sp³-hybridized carbons (Fsp3) is 0.143. The second kappa shape index (κ2) is 6.70. The van der Waals surface area contributed by atoms with Crippen molar-refractivity contribution in [2.45, 2.75) is 6.54 Å². The van der Waals surface area contributed by atoms with Crippen LogP contribution in [-0.4, -0.2) is 7.11 Å². The molecule has 0 radical (unpaired) electrons. The van der Waals surface area contributed by atoms with Crippen LogP contribution in [0.25, 0.3) is 0 Å². The molecule has 7 heteroatoms. The number of benzene rings is 2. The second-order valence-corrected chi connectivity index (χ2v) is 5.91. The van der Waals surface area contributed by atoms with Gasteiger partial charge in [-0.05, 0) is 49.6 Å². The van der Waals surface area contributed by atoms with Gasteiger partial charge in [-0.2, -0.15) is 0 Å². The molecule has 0 atom stereocenters. The van der Waals surface area contributed by atoms with Gasteiger partial charge in [0.05, 0.1) is 16.1 Å². The standard InChI is InChI=1S/C14H10Br2F3NO/c1-21-14-9(15)2-7(3-10(14)16)6-20-8-4-11(17)13(19)12(18)5-8/h2-5,20H,6H2,1H3. The average Bonchev–Trinajstić information content (AvgIpc) is 2.42. The maximum Gasteiger partial charge on any atom is 0.194 e. The van der Waals surface area contributed by atoms with Crippen LogP contribution in [0.5, 0.6) is 5.75 Å². The van der Waals surface area contributed by atoms with Gasteiger partial charge < -0.3 is 10.1 Å². The summed E-state index contributed by atoms with van der Waals surface area (Å²) in [7, 11) is 1.55. The summed E-state index contributed by atoms with van der Waals surface area (Å²) in [5.74, 6) is -3.28. The molecule has 0 amide bonds. The smallest absolute Gasteiger partial charge is 0.194 e. The lowest BCUT2D eigenvalue weighted by molar-refractivity contribution is 0.409. The maximum atomic E-state index is 13.1. The minimum Gasteiger partial charge on any atom is -0.494 e. The summed E-state index contributed by atoms with van der Waals surface area (Å²) in [6.45, 7) is 0.311. The van der Waals surface area contributed by atoms with Crippen LogP contribution in [0.15, 0.2) is 33.2 Å². The summed E-state index contributed by atoms with van der Waals surface area (Å²) in [4.78, 5) is 0. The quantitative estimate of drug-likeness (QED) is 0.677.